The third-order valence-electron chi connectivity index (χ3n) is 5.76. The van der Waals surface area contributed by atoms with Gasteiger partial charge in [-0.3, -0.25) is 9.59 Å². The predicted octanol–water partition coefficient (Wildman–Crippen LogP) is 2.45. The van der Waals surface area contributed by atoms with Crippen molar-refractivity contribution in [2.45, 2.75) is 45.1 Å². The van der Waals surface area contributed by atoms with Crippen molar-refractivity contribution >= 4 is 11.8 Å². The van der Waals surface area contributed by atoms with Crippen LogP contribution in [0.25, 0.3) is 0 Å². The lowest BCUT2D eigenvalue weighted by molar-refractivity contribution is -0.149. The van der Waals surface area contributed by atoms with Gasteiger partial charge in [-0.05, 0) is 39.2 Å². The molecule has 1 saturated carbocycles. The average molecular weight is 358 g/mol. The summed E-state index contributed by atoms with van der Waals surface area (Å²) in [5.74, 6) is 0.473. The molecule has 0 aromatic heterocycles. The highest BCUT2D eigenvalue weighted by atomic mass is 16.5. The summed E-state index contributed by atoms with van der Waals surface area (Å²) in [6, 6.07) is 9.90. The Hall–Kier alpha value is -1.88. The zero-order valence-corrected chi connectivity index (χ0v) is 16.1. The Balaban J connectivity index is 1.52. The smallest absolute Gasteiger partial charge is 0.232 e. The van der Waals surface area contributed by atoms with Gasteiger partial charge in [0, 0.05) is 38.7 Å². The van der Waals surface area contributed by atoms with Crippen molar-refractivity contribution in [2.24, 2.45) is 5.92 Å². The highest BCUT2D eigenvalue weighted by molar-refractivity contribution is 5.88. The topological polar surface area (TPSA) is 49.9 Å². The molecule has 1 heterocycles. The molecule has 2 aliphatic rings. The SMILES string of the molecule is CCOC1CC(C(=O)N2CCN(C(=O)C(C)(C)c3ccccc3)CC2)C1. The normalized spacial score (nSPS) is 23.5. The summed E-state index contributed by atoms with van der Waals surface area (Å²) in [6.07, 6.45) is 1.93. The van der Waals surface area contributed by atoms with Gasteiger partial charge in [0.2, 0.25) is 11.8 Å². The van der Waals surface area contributed by atoms with E-state index in [9.17, 15) is 9.59 Å². The van der Waals surface area contributed by atoms with Gasteiger partial charge in [-0.2, -0.15) is 0 Å². The number of amides is 2. The van der Waals surface area contributed by atoms with Gasteiger partial charge in [0.15, 0.2) is 0 Å². The summed E-state index contributed by atoms with van der Waals surface area (Å²) < 4.78 is 5.55. The van der Waals surface area contributed by atoms with Crippen LogP contribution in [0.5, 0.6) is 0 Å². The molecule has 2 fully saturated rings. The van der Waals surface area contributed by atoms with E-state index in [1.807, 2.05) is 60.9 Å². The summed E-state index contributed by atoms with van der Waals surface area (Å²) in [6.45, 7) is 9.14. The maximum atomic E-state index is 13.0. The zero-order valence-electron chi connectivity index (χ0n) is 16.1. The molecule has 26 heavy (non-hydrogen) atoms. The summed E-state index contributed by atoms with van der Waals surface area (Å²) in [5.41, 5.74) is 0.478. The lowest BCUT2D eigenvalue weighted by Crippen LogP contribution is -2.56. The van der Waals surface area contributed by atoms with Crippen LogP contribution in [0, 0.1) is 5.92 Å². The van der Waals surface area contributed by atoms with Crippen molar-refractivity contribution in [3.63, 3.8) is 0 Å². The van der Waals surface area contributed by atoms with Crippen molar-refractivity contribution in [1.29, 1.82) is 0 Å². The van der Waals surface area contributed by atoms with Crippen LogP contribution in [0.2, 0.25) is 0 Å². The predicted molar refractivity (Wildman–Crippen MR) is 101 cm³/mol. The molecule has 0 unspecified atom stereocenters. The van der Waals surface area contributed by atoms with E-state index in [0.717, 1.165) is 18.4 Å². The summed E-state index contributed by atoms with van der Waals surface area (Å²) in [4.78, 5) is 29.4. The van der Waals surface area contributed by atoms with Crippen LogP contribution in [0.3, 0.4) is 0 Å². The lowest BCUT2D eigenvalue weighted by Gasteiger charge is -2.42. The van der Waals surface area contributed by atoms with Crippen LogP contribution < -0.4 is 0 Å². The number of hydrogen-bond donors (Lipinski definition) is 0. The second kappa shape index (κ2) is 7.78. The van der Waals surface area contributed by atoms with Crippen molar-refractivity contribution in [2.75, 3.05) is 32.8 Å². The van der Waals surface area contributed by atoms with Crippen LogP contribution in [-0.4, -0.2) is 60.5 Å². The van der Waals surface area contributed by atoms with Gasteiger partial charge in [-0.15, -0.1) is 0 Å². The number of rotatable bonds is 5. The number of carbonyl (C=O) groups excluding carboxylic acids is 2. The van der Waals surface area contributed by atoms with E-state index in [1.165, 1.54) is 0 Å². The van der Waals surface area contributed by atoms with Gasteiger partial charge < -0.3 is 14.5 Å². The van der Waals surface area contributed by atoms with Crippen LogP contribution in [0.15, 0.2) is 30.3 Å². The minimum atomic E-state index is -0.549. The van der Waals surface area contributed by atoms with E-state index < -0.39 is 5.41 Å². The van der Waals surface area contributed by atoms with E-state index in [4.69, 9.17) is 4.74 Å². The van der Waals surface area contributed by atoms with Crippen LogP contribution in [0.4, 0.5) is 0 Å². The first-order valence-electron chi connectivity index (χ1n) is 9.68. The fourth-order valence-electron chi connectivity index (χ4n) is 3.90. The van der Waals surface area contributed by atoms with Gasteiger partial charge in [0.25, 0.3) is 0 Å². The monoisotopic (exact) mass is 358 g/mol. The standard InChI is InChI=1S/C21H30N2O3/c1-4-26-18-14-16(15-18)19(24)22-10-12-23(13-11-22)20(25)21(2,3)17-8-6-5-7-9-17/h5-9,16,18H,4,10-15H2,1-3H3. The lowest BCUT2D eigenvalue weighted by atomic mass is 9.81. The molecule has 142 valence electrons. The third-order valence-corrected chi connectivity index (χ3v) is 5.76. The molecule has 2 amide bonds. The Bertz CT molecular complexity index is 630. The molecule has 5 heteroatoms. The van der Waals surface area contributed by atoms with E-state index in [2.05, 4.69) is 0 Å². The van der Waals surface area contributed by atoms with Crippen LogP contribution in [-0.2, 0) is 19.7 Å². The van der Waals surface area contributed by atoms with E-state index in [1.54, 1.807) is 0 Å². The van der Waals surface area contributed by atoms with Crippen molar-refractivity contribution in [3.8, 4) is 0 Å². The molecule has 5 nitrogen and oxygen atoms in total. The number of ether oxygens (including phenoxy) is 1. The van der Waals surface area contributed by atoms with Crippen molar-refractivity contribution < 1.29 is 14.3 Å². The molecule has 0 radical (unpaired) electrons. The molecule has 1 saturated heterocycles. The van der Waals surface area contributed by atoms with E-state index in [-0.39, 0.29) is 23.8 Å². The maximum absolute atomic E-state index is 13.0. The first-order chi connectivity index (χ1) is 12.4. The fourth-order valence-corrected chi connectivity index (χ4v) is 3.90. The minimum Gasteiger partial charge on any atom is -0.378 e. The Kier molecular flexibility index (Phi) is 5.66. The Morgan fingerprint density at radius 2 is 1.62 bits per heavy atom. The largest absolute Gasteiger partial charge is 0.378 e. The maximum Gasteiger partial charge on any atom is 0.232 e. The minimum absolute atomic E-state index is 0.106. The number of nitrogens with zero attached hydrogens (tertiary/aromatic N) is 2. The molecular formula is C21H30N2O3. The third kappa shape index (κ3) is 3.78. The van der Waals surface area contributed by atoms with E-state index >= 15 is 0 Å². The molecule has 1 aromatic rings. The van der Waals surface area contributed by atoms with Gasteiger partial charge >= 0.3 is 0 Å². The molecule has 0 N–H and O–H groups in total. The summed E-state index contributed by atoms with van der Waals surface area (Å²) in [7, 11) is 0. The first-order valence-corrected chi connectivity index (χ1v) is 9.68. The van der Waals surface area contributed by atoms with Gasteiger partial charge in [-0.1, -0.05) is 30.3 Å². The molecule has 0 spiro atoms. The number of hydrogen-bond acceptors (Lipinski definition) is 3. The van der Waals surface area contributed by atoms with Gasteiger partial charge in [0.1, 0.15) is 0 Å². The van der Waals surface area contributed by atoms with Gasteiger partial charge in [0.05, 0.1) is 11.5 Å². The number of benzene rings is 1. The second-order valence-electron chi connectivity index (χ2n) is 7.85. The second-order valence-corrected chi connectivity index (χ2v) is 7.85. The summed E-state index contributed by atoms with van der Waals surface area (Å²) in [5, 5.41) is 0. The van der Waals surface area contributed by atoms with Crippen molar-refractivity contribution in [3.05, 3.63) is 35.9 Å². The van der Waals surface area contributed by atoms with E-state index in [0.29, 0.717) is 32.8 Å². The summed E-state index contributed by atoms with van der Waals surface area (Å²) >= 11 is 0. The average Bonchev–Trinajstić information content (AvgIpc) is 2.64. The Morgan fingerprint density at radius 1 is 1.04 bits per heavy atom. The van der Waals surface area contributed by atoms with Crippen molar-refractivity contribution in [1.82, 2.24) is 9.80 Å². The molecule has 1 aliphatic carbocycles. The highest BCUT2D eigenvalue weighted by Crippen LogP contribution is 2.32. The van der Waals surface area contributed by atoms with Crippen LogP contribution >= 0.6 is 0 Å². The highest BCUT2D eigenvalue weighted by Gasteiger charge is 2.40. The number of piperazine rings is 1. The molecular weight excluding hydrogens is 328 g/mol. The molecule has 0 atom stereocenters. The molecule has 1 aromatic carbocycles. The van der Waals surface area contributed by atoms with Crippen LogP contribution in [0.1, 0.15) is 39.2 Å². The van der Waals surface area contributed by atoms with Gasteiger partial charge in [-0.25, -0.2) is 0 Å². The first kappa shape index (κ1) is 18.9. The molecule has 0 bridgehead atoms. The zero-order chi connectivity index (χ0) is 18.7. The molecule has 1 aliphatic heterocycles. The number of carbonyl (C=O) groups is 2. The Labute approximate surface area is 156 Å². The quantitative estimate of drug-likeness (QED) is 0.812. The fraction of sp³-hybridized carbons (Fsp3) is 0.619. The Morgan fingerprint density at radius 3 is 2.19 bits per heavy atom. The molecule has 3 rings (SSSR count).